The molecule has 1 amide bonds. The molecule has 1 saturated heterocycles. The van der Waals surface area contributed by atoms with Gasteiger partial charge < -0.3 is 4.74 Å². The molecule has 0 spiro atoms. The lowest BCUT2D eigenvalue weighted by Gasteiger charge is -2.23. The van der Waals surface area contributed by atoms with Crippen LogP contribution in [-0.2, 0) is 9.53 Å². The number of hydrogen-bond donors (Lipinski definition) is 0. The van der Waals surface area contributed by atoms with Crippen LogP contribution in [0.4, 0.5) is 5.13 Å². The van der Waals surface area contributed by atoms with Crippen molar-refractivity contribution < 1.29 is 9.53 Å². The molecular weight excluding hydrogens is 448 g/mol. The molecule has 7 heteroatoms. The highest BCUT2D eigenvalue weighted by Gasteiger charge is 2.26. The maximum Gasteiger partial charge on any atom is 0.228 e. The number of nitrogens with zero attached hydrogens (tertiary/aromatic N) is 2. The largest absolute Gasteiger partial charge is 0.376 e. The summed E-state index contributed by atoms with van der Waals surface area (Å²) in [4.78, 5) is 21.1. The minimum absolute atomic E-state index is 0.0993. The van der Waals surface area contributed by atoms with E-state index in [2.05, 4.69) is 26.0 Å². The molecule has 31 heavy (non-hydrogen) atoms. The molecule has 1 atom stereocenters. The summed E-state index contributed by atoms with van der Waals surface area (Å²) in [5, 5.41) is 1.53. The van der Waals surface area contributed by atoms with Gasteiger partial charge in [0.2, 0.25) is 5.91 Å². The lowest BCUT2D eigenvalue weighted by molar-refractivity contribution is -0.119. The molecular formula is C24H27ClN2O2S2. The average molecular weight is 475 g/mol. The van der Waals surface area contributed by atoms with Gasteiger partial charge in [-0.05, 0) is 80.3 Å². The molecule has 0 radical (unpaired) electrons. The predicted molar refractivity (Wildman–Crippen MR) is 132 cm³/mol. The highest BCUT2D eigenvalue weighted by Crippen LogP contribution is 2.33. The van der Waals surface area contributed by atoms with Crippen molar-refractivity contribution in [3.8, 4) is 0 Å². The number of amides is 1. The fourth-order valence-corrected chi connectivity index (χ4v) is 5.98. The molecule has 4 rings (SSSR count). The van der Waals surface area contributed by atoms with Crippen LogP contribution in [0, 0.1) is 13.8 Å². The van der Waals surface area contributed by atoms with E-state index in [9.17, 15) is 4.79 Å². The SMILES string of the molecule is Cc1cc(C)c2nc(N(CC3CCCO3)C(=O)CCCSc3ccc(Cl)cc3)sc2c1. The van der Waals surface area contributed by atoms with Gasteiger partial charge in [-0.2, -0.15) is 0 Å². The zero-order valence-electron chi connectivity index (χ0n) is 17.9. The number of carbonyl (C=O) groups is 1. The third kappa shape index (κ3) is 5.80. The Labute approximate surface area is 196 Å². The number of rotatable bonds is 8. The Morgan fingerprint density at radius 2 is 2.10 bits per heavy atom. The predicted octanol–water partition coefficient (Wildman–Crippen LogP) is 6.65. The summed E-state index contributed by atoms with van der Waals surface area (Å²) in [6.07, 6.45) is 3.47. The molecule has 1 aromatic heterocycles. The molecule has 1 aliphatic rings. The first-order valence-corrected chi connectivity index (χ1v) is 12.9. The summed E-state index contributed by atoms with van der Waals surface area (Å²) in [5.41, 5.74) is 3.37. The van der Waals surface area contributed by atoms with Crippen LogP contribution in [0.1, 0.15) is 36.8 Å². The van der Waals surface area contributed by atoms with Crippen LogP contribution in [0.3, 0.4) is 0 Å². The van der Waals surface area contributed by atoms with E-state index in [-0.39, 0.29) is 12.0 Å². The standard InChI is InChI=1S/C24H27ClN2O2S2/c1-16-13-17(2)23-21(14-16)31-24(26-23)27(15-19-5-3-11-29-19)22(28)6-4-12-30-20-9-7-18(25)8-10-20/h7-10,13-14,19H,3-6,11-12,15H2,1-2H3. The molecule has 0 saturated carbocycles. The first kappa shape index (κ1) is 22.6. The van der Waals surface area contributed by atoms with E-state index in [1.54, 1.807) is 23.1 Å². The molecule has 0 bridgehead atoms. The number of aromatic nitrogens is 1. The van der Waals surface area contributed by atoms with Gasteiger partial charge >= 0.3 is 0 Å². The van der Waals surface area contributed by atoms with E-state index in [4.69, 9.17) is 21.3 Å². The van der Waals surface area contributed by atoms with E-state index < -0.39 is 0 Å². The highest BCUT2D eigenvalue weighted by molar-refractivity contribution is 7.99. The fraction of sp³-hybridized carbons (Fsp3) is 0.417. The van der Waals surface area contributed by atoms with E-state index in [1.807, 2.05) is 29.2 Å². The molecule has 0 aliphatic carbocycles. The third-order valence-electron chi connectivity index (χ3n) is 5.38. The summed E-state index contributed by atoms with van der Waals surface area (Å²) < 4.78 is 6.97. The van der Waals surface area contributed by atoms with Crippen molar-refractivity contribution in [2.45, 2.75) is 50.5 Å². The van der Waals surface area contributed by atoms with Crippen molar-refractivity contribution in [1.82, 2.24) is 4.98 Å². The van der Waals surface area contributed by atoms with Gasteiger partial charge in [-0.1, -0.05) is 29.0 Å². The van der Waals surface area contributed by atoms with Gasteiger partial charge in [0.1, 0.15) is 0 Å². The second-order valence-corrected chi connectivity index (χ2v) is 10.6. The Balaban J connectivity index is 1.44. The first-order chi connectivity index (χ1) is 15.0. The number of thioether (sulfide) groups is 1. The molecule has 2 heterocycles. The van der Waals surface area contributed by atoms with Crippen molar-refractivity contribution in [3.05, 3.63) is 52.5 Å². The van der Waals surface area contributed by atoms with Crippen LogP contribution in [0.2, 0.25) is 5.02 Å². The van der Waals surface area contributed by atoms with Crippen molar-refractivity contribution in [3.63, 3.8) is 0 Å². The summed E-state index contributed by atoms with van der Waals surface area (Å²) in [6, 6.07) is 12.1. The number of thiazole rings is 1. The number of fused-ring (bicyclic) bond motifs is 1. The van der Waals surface area contributed by atoms with Gasteiger partial charge in [-0.15, -0.1) is 11.8 Å². The van der Waals surface area contributed by atoms with E-state index >= 15 is 0 Å². The molecule has 2 aromatic carbocycles. The Bertz CT molecular complexity index is 1050. The van der Waals surface area contributed by atoms with Gasteiger partial charge in [-0.3, -0.25) is 9.69 Å². The second-order valence-electron chi connectivity index (χ2n) is 7.97. The van der Waals surface area contributed by atoms with Crippen molar-refractivity contribution in [2.75, 3.05) is 23.8 Å². The van der Waals surface area contributed by atoms with Gasteiger partial charge in [0.05, 0.1) is 22.9 Å². The van der Waals surface area contributed by atoms with Gasteiger partial charge in [0, 0.05) is 22.9 Å². The van der Waals surface area contributed by atoms with E-state index in [1.165, 1.54) is 10.5 Å². The molecule has 4 nitrogen and oxygen atoms in total. The molecule has 1 fully saturated rings. The summed E-state index contributed by atoms with van der Waals surface area (Å²) in [6.45, 7) is 5.54. The number of hydrogen-bond acceptors (Lipinski definition) is 5. The topological polar surface area (TPSA) is 42.4 Å². The third-order valence-corrected chi connectivity index (χ3v) is 7.75. The van der Waals surface area contributed by atoms with Crippen LogP contribution in [-0.4, -0.2) is 35.9 Å². The maximum atomic E-state index is 13.2. The fourth-order valence-electron chi connectivity index (χ4n) is 3.83. The molecule has 3 aromatic rings. The van der Waals surface area contributed by atoms with Crippen molar-refractivity contribution in [2.24, 2.45) is 0 Å². The lowest BCUT2D eigenvalue weighted by atomic mass is 10.1. The monoisotopic (exact) mass is 474 g/mol. The van der Waals surface area contributed by atoms with Gasteiger partial charge in [0.15, 0.2) is 5.13 Å². The summed E-state index contributed by atoms with van der Waals surface area (Å²) >= 11 is 9.31. The van der Waals surface area contributed by atoms with Crippen LogP contribution in [0.15, 0.2) is 41.3 Å². The number of halogens is 1. The number of ether oxygens (including phenoxy) is 1. The zero-order valence-corrected chi connectivity index (χ0v) is 20.3. The van der Waals surface area contributed by atoms with E-state index in [0.717, 1.165) is 57.6 Å². The van der Waals surface area contributed by atoms with Crippen molar-refractivity contribution >= 4 is 56.0 Å². The Morgan fingerprint density at radius 1 is 1.29 bits per heavy atom. The second kappa shape index (κ2) is 10.3. The highest BCUT2D eigenvalue weighted by atomic mass is 35.5. The van der Waals surface area contributed by atoms with Crippen LogP contribution >= 0.6 is 34.7 Å². The van der Waals surface area contributed by atoms with Crippen molar-refractivity contribution in [1.29, 1.82) is 0 Å². The van der Waals surface area contributed by atoms with Gasteiger partial charge in [0.25, 0.3) is 0 Å². The first-order valence-electron chi connectivity index (χ1n) is 10.7. The smallest absolute Gasteiger partial charge is 0.228 e. The molecule has 1 aliphatic heterocycles. The quantitative estimate of drug-likeness (QED) is 0.270. The summed E-state index contributed by atoms with van der Waals surface area (Å²) in [5.74, 6) is 1.01. The Morgan fingerprint density at radius 3 is 2.84 bits per heavy atom. The van der Waals surface area contributed by atoms with Crippen LogP contribution < -0.4 is 4.90 Å². The molecule has 0 N–H and O–H groups in total. The number of carbonyl (C=O) groups excluding carboxylic acids is 1. The van der Waals surface area contributed by atoms with Crippen LogP contribution in [0.5, 0.6) is 0 Å². The number of benzene rings is 2. The van der Waals surface area contributed by atoms with Crippen LogP contribution in [0.25, 0.3) is 10.2 Å². The van der Waals surface area contributed by atoms with Gasteiger partial charge in [-0.25, -0.2) is 4.98 Å². The Hall–Kier alpha value is -1.60. The summed E-state index contributed by atoms with van der Waals surface area (Å²) in [7, 11) is 0. The zero-order chi connectivity index (χ0) is 21.8. The average Bonchev–Trinajstić information content (AvgIpc) is 3.40. The molecule has 164 valence electrons. The number of aryl methyl sites for hydroxylation is 2. The van der Waals surface area contributed by atoms with E-state index in [0.29, 0.717) is 13.0 Å². The Kier molecular flexibility index (Phi) is 7.54. The minimum Gasteiger partial charge on any atom is -0.376 e. The minimum atomic E-state index is 0.0993. The molecule has 1 unspecified atom stereocenters. The number of anilines is 1. The normalized spacial score (nSPS) is 16.2. The lowest BCUT2D eigenvalue weighted by Crippen LogP contribution is -2.37. The maximum absolute atomic E-state index is 13.2.